The van der Waals surface area contributed by atoms with E-state index in [9.17, 15) is 0 Å². The van der Waals surface area contributed by atoms with Crippen molar-refractivity contribution in [1.29, 1.82) is 0 Å². The normalized spacial score (nSPS) is 21.5. The number of aryl methyl sites for hydroxylation is 1. The summed E-state index contributed by atoms with van der Waals surface area (Å²) in [5.41, 5.74) is 8.46. The lowest BCUT2D eigenvalue weighted by atomic mass is 9.93. The maximum absolute atomic E-state index is 4.73. The van der Waals surface area contributed by atoms with Crippen molar-refractivity contribution in [2.75, 3.05) is 36.8 Å². The van der Waals surface area contributed by atoms with Gasteiger partial charge in [-0.25, -0.2) is 4.98 Å². The number of aromatic amines is 1. The van der Waals surface area contributed by atoms with Crippen molar-refractivity contribution >= 4 is 28.5 Å². The minimum absolute atomic E-state index is 0.141. The Morgan fingerprint density at radius 1 is 1.08 bits per heavy atom. The van der Waals surface area contributed by atoms with Gasteiger partial charge in [0, 0.05) is 36.8 Å². The molecule has 0 amide bonds. The summed E-state index contributed by atoms with van der Waals surface area (Å²) in [6.45, 7) is 6.16. The van der Waals surface area contributed by atoms with Gasteiger partial charge >= 0.3 is 0 Å². The van der Waals surface area contributed by atoms with Crippen LogP contribution >= 0.6 is 0 Å². The van der Waals surface area contributed by atoms with Crippen LogP contribution in [0.15, 0.2) is 59.8 Å². The minimum Gasteiger partial charge on any atom is -0.357 e. The molecule has 0 aliphatic carbocycles. The minimum atomic E-state index is -0.141. The Morgan fingerprint density at radius 2 is 2.00 bits per heavy atom. The van der Waals surface area contributed by atoms with E-state index >= 15 is 0 Å². The van der Waals surface area contributed by atoms with Crippen LogP contribution in [-0.2, 0) is 0 Å². The number of rotatable bonds is 5. The SMILES string of the molecule is Cc1cn(-c2cncc3c2NC(c2[nH]nc4ccc(C5C=C(CN6CCCCC6)C=NC5)cc24)N3)cn1. The number of hydrogen-bond acceptors (Lipinski definition) is 7. The first-order chi connectivity index (χ1) is 18.2. The van der Waals surface area contributed by atoms with Gasteiger partial charge in [-0.1, -0.05) is 18.6 Å². The molecule has 7 rings (SSSR count). The van der Waals surface area contributed by atoms with Gasteiger partial charge < -0.3 is 15.2 Å². The van der Waals surface area contributed by atoms with E-state index in [0.29, 0.717) is 0 Å². The number of aliphatic imine (C=N–C) groups is 1. The van der Waals surface area contributed by atoms with Crippen LogP contribution in [0.5, 0.6) is 0 Å². The highest BCUT2D eigenvalue weighted by atomic mass is 15.3. The second-order valence-electron chi connectivity index (χ2n) is 10.3. The molecule has 0 saturated carbocycles. The van der Waals surface area contributed by atoms with E-state index in [4.69, 9.17) is 4.99 Å². The number of imidazole rings is 1. The number of pyridine rings is 1. The first-order valence-electron chi connectivity index (χ1n) is 13.1. The van der Waals surface area contributed by atoms with Gasteiger partial charge in [0.15, 0.2) is 0 Å². The van der Waals surface area contributed by atoms with Gasteiger partial charge in [0.05, 0.1) is 52.7 Å². The molecule has 9 heteroatoms. The second kappa shape index (κ2) is 9.15. The van der Waals surface area contributed by atoms with E-state index < -0.39 is 0 Å². The number of dihydropyridines is 1. The lowest BCUT2D eigenvalue weighted by molar-refractivity contribution is 0.249. The summed E-state index contributed by atoms with van der Waals surface area (Å²) in [5.74, 6) is 0.277. The molecule has 4 aromatic rings. The Labute approximate surface area is 215 Å². The maximum atomic E-state index is 4.73. The summed E-state index contributed by atoms with van der Waals surface area (Å²) in [6.07, 6.45) is 15.9. The van der Waals surface area contributed by atoms with Crippen LogP contribution in [0, 0.1) is 6.92 Å². The molecule has 0 radical (unpaired) electrons. The zero-order valence-electron chi connectivity index (χ0n) is 21.0. The Kier molecular flexibility index (Phi) is 5.50. The molecular weight excluding hydrogens is 462 g/mol. The molecule has 0 spiro atoms. The van der Waals surface area contributed by atoms with Gasteiger partial charge in [-0.05, 0) is 56.1 Å². The predicted molar refractivity (Wildman–Crippen MR) is 147 cm³/mol. The molecule has 37 heavy (non-hydrogen) atoms. The summed E-state index contributed by atoms with van der Waals surface area (Å²) >= 11 is 0. The summed E-state index contributed by atoms with van der Waals surface area (Å²) in [5, 5.41) is 16.2. The third-order valence-corrected chi connectivity index (χ3v) is 7.66. The average Bonchev–Trinajstić information content (AvgIpc) is 3.66. The van der Waals surface area contributed by atoms with Gasteiger partial charge in [0.2, 0.25) is 0 Å². The van der Waals surface area contributed by atoms with Crippen LogP contribution in [0.4, 0.5) is 11.4 Å². The van der Waals surface area contributed by atoms with Crippen molar-refractivity contribution in [3.63, 3.8) is 0 Å². The van der Waals surface area contributed by atoms with Gasteiger partial charge in [-0.3, -0.25) is 20.0 Å². The molecule has 3 aliphatic rings. The molecular formula is C28H31N9. The Bertz CT molecular complexity index is 1510. The number of likely N-dealkylation sites (tertiary alicyclic amines) is 1. The number of piperidine rings is 1. The fourth-order valence-electron chi connectivity index (χ4n) is 5.75. The number of fused-ring (bicyclic) bond motifs is 2. The highest BCUT2D eigenvalue weighted by Gasteiger charge is 2.28. The van der Waals surface area contributed by atoms with E-state index in [-0.39, 0.29) is 12.1 Å². The quantitative estimate of drug-likeness (QED) is 0.377. The number of hydrogen-bond donors (Lipinski definition) is 3. The first kappa shape index (κ1) is 22.2. The van der Waals surface area contributed by atoms with E-state index in [2.05, 4.69) is 66.2 Å². The van der Waals surface area contributed by atoms with Crippen LogP contribution in [0.2, 0.25) is 0 Å². The van der Waals surface area contributed by atoms with Crippen molar-refractivity contribution in [3.05, 3.63) is 71.7 Å². The van der Waals surface area contributed by atoms with Gasteiger partial charge in [0.1, 0.15) is 6.17 Å². The fraction of sp³-hybridized carbons (Fsp3) is 0.357. The van der Waals surface area contributed by atoms with E-state index in [1.165, 1.54) is 43.5 Å². The van der Waals surface area contributed by atoms with Crippen molar-refractivity contribution in [3.8, 4) is 5.69 Å². The zero-order valence-corrected chi connectivity index (χ0v) is 21.0. The van der Waals surface area contributed by atoms with Crippen LogP contribution < -0.4 is 10.6 Å². The molecule has 6 heterocycles. The fourth-order valence-corrected chi connectivity index (χ4v) is 5.75. The first-order valence-corrected chi connectivity index (χ1v) is 13.1. The monoisotopic (exact) mass is 493 g/mol. The third kappa shape index (κ3) is 4.19. The molecule has 0 bridgehead atoms. The van der Waals surface area contributed by atoms with E-state index in [0.717, 1.165) is 52.4 Å². The van der Waals surface area contributed by atoms with Crippen molar-refractivity contribution in [1.82, 2.24) is 29.6 Å². The number of aromatic nitrogens is 5. The molecule has 9 nitrogen and oxygen atoms in total. The predicted octanol–water partition coefficient (Wildman–Crippen LogP) is 4.57. The molecule has 1 fully saturated rings. The third-order valence-electron chi connectivity index (χ3n) is 7.66. The largest absolute Gasteiger partial charge is 0.357 e. The van der Waals surface area contributed by atoms with Crippen molar-refractivity contribution in [2.24, 2.45) is 4.99 Å². The molecule has 3 N–H and O–H groups in total. The second-order valence-corrected chi connectivity index (χ2v) is 10.3. The van der Waals surface area contributed by atoms with Crippen LogP contribution in [0.3, 0.4) is 0 Å². The Morgan fingerprint density at radius 3 is 2.86 bits per heavy atom. The number of benzene rings is 1. The highest BCUT2D eigenvalue weighted by Crippen LogP contribution is 2.40. The molecule has 2 unspecified atom stereocenters. The number of nitrogens with zero attached hydrogens (tertiary/aromatic N) is 6. The molecule has 1 aromatic carbocycles. The Hall–Kier alpha value is -3.98. The van der Waals surface area contributed by atoms with Crippen molar-refractivity contribution in [2.45, 2.75) is 38.3 Å². The lowest BCUT2D eigenvalue weighted by Crippen LogP contribution is -2.32. The van der Waals surface area contributed by atoms with Crippen LogP contribution in [-0.4, -0.2) is 62.0 Å². The topological polar surface area (TPSA) is 99.0 Å². The standard InChI is InChI=1S/C28H31N9/c1-18-15-37(17-31-18)25-14-30-13-24-27(25)33-28(32-24)26-22-10-20(5-6-23(22)34-35-26)21-9-19(11-29-12-21)16-36-7-3-2-4-8-36/h5-6,9-11,13-15,17,21,28,32-33H,2-4,7-8,12,16H2,1H3,(H,34,35). The molecule has 3 aliphatic heterocycles. The van der Waals surface area contributed by atoms with Gasteiger partial charge in [0.25, 0.3) is 0 Å². The van der Waals surface area contributed by atoms with E-state index in [1.807, 2.05) is 36.4 Å². The summed E-state index contributed by atoms with van der Waals surface area (Å²) in [4.78, 5) is 16.1. The van der Waals surface area contributed by atoms with Crippen LogP contribution in [0.1, 0.15) is 48.3 Å². The van der Waals surface area contributed by atoms with Gasteiger partial charge in [-0.15, -0.1) is 0 Å². The molecule has 188 valence electrons. The van der Waals surface area contributed by atoms with Crippen molar-refractivity contribution < 1.29 is 0 Å². The number of anilines is 2. The summed E-state index contributed by atoms with van der Waals surface area (Å²) < 4.78 is 2.00. The lowest BCUT2D eigenvalue weighted by Gasteiger charge is -2.28. The zero-order chi connectivity index (χ0) is 24.8. The van der Waals surface area contributed by atoms with E-state index in [1.54, 1.807) is 0 Å². The molecule has 3 aromatic heterocycles. The van der Waals surface area contributed by atoms with Gasteiger partial charge in [-0.2, -0.15) is 5.10 Å². The average molecular weight is 494 g/mol. The molecule has 2 atom stereocenters. The highest BCUT2D eigenvalue weighted by molar-refractivity contribution is 5.87. The summed E-state index contributed by atoms with van der Waals surface area (Å²) in [7, 11) is 0. The molecule has 1 saturated heterocycles. The maximum Gasteiger partial charge on any atom is 0.141 e. The Balaban J connectivity index is 1.16. The number of H-pyrrole nitrogens is 1. The van der Waals surface area contributed by atoms with Crippen LogP contribution in [0.25, 0.3) is 16.6 Å². The number of nitrogens with one attached hydrogen (secondary N) is 3. The summed E-state index contributed by atoms with van der Waals surface area (Å²) in [6, 6.07) is 6.59. The smallest absolute Gasteiger partial charge is 0.141 e.